The minimum absolute atomic E-state index is 0.0967. The normalized spacial score (nSPS) is 26.2. The van der Waals surface area contributed by atoms with Gasteiger partial charge in [0.1, 0.15) is 0 Å². The van der Waals surface area contributed by atoms with Crippen molar-refractivity contribution in [2.75, 3.05) is 20.3 Å². The molecule has 1 aromatic carbocycles. The van der Waals surface area contributed by atoms with Crippen LogP contribution in [0.5, 0.6) is 0 Å². The van der Waals surface area contributed by atoms with Crippen LogP contribution in [0.4, 0.5) is 0 Å². The molecule has 0 bridgehead atoms. The predicted octanol–water partition coefficient (Wildman–Crippen LogP) is 2.98. The van der Waals surface area contributed by atoms with Crippen molar-refractivity contribution in [3.05, 3.63) is 59.2 Å². The van der Waals surface area contributed by atoms with E-state index in [-0.39, 0.29) is 29.2 Å². The number of carbonyl (C=O) groups excluding carboxylic acids is 2. The van der Waals surface area contributed by atoms with E-state index >= 15 is 0 Å². The largest absolute Gasteiger partial charge is 0.381 e. The maximum absolute atomic E-state index is 12.9. The SMILES string of the molecule is CNC(=O)/C(C)=C/C(=C\C(C)C(Cl)c1ccccc1)C(=O)NC1C2COCC21. The lowest BCUT2D eigenvalue weighted by molar-refractivity contribution is -0.117. The van der Waals surface area contributed by atoms with Crippen molar-refractivity contribution in [2.24, 2.45) is 17.8 Å². The maximum atomic E-state index is 12.9. The topological polar surface area (TPSA) is 67.4 Å². The number of amides is 2. The Labute approximate surface area is 171 Å². The molecular weight excluding hydrogens is 376 g/mol. The third-order valence-corrected chi connectivity index (χ3v) is 6.14. The second-order valence-electron chi connectivity index (χ2n) is 7.56. The van der Waals surface area contributed by atoms with Gasteiger partial charge in [-0.2, -0.15) is 0 Å². The Morgan fingerprint density at radius 2 is 1.82 bits per heavy atom. The molecule has 4 atom stereocenters. The molecule has 0 aromatic heterocycles. The molecule has 2 N–H and O–H groups in total. The number of nitrogens with one attached hydrogen (secondary N) is 2. The molecule has 1 saturated heterocycles. The summed E-state index contributed by atoms with van der Waals surface area (Å²) in [5.74, 6) is 0.342. The van der Waals surface area contributed by atoms with Gasteiger partial charge in [-0.3, -0.25) is 9.59 Å². The molecule has 1 aliphatic carbocycles. The van der Waals surface area contributed by atoms with Gasteiger partial charge in [-0.25, -0.2) is 0 Å². The summed E-state index contributed by atoms with van der Waals surface area (Å²) in [7, 11) is 1.57. The highest BCUT2D eigenvalue weighted by Crippen LogP contribution is 2.44. The van der Waals surface area contributed by atoms with Gasteiger partial charge in [0.25, 0.3) is 5.91 Å². The van der Waals surface area contributed by atoms with Crippen molar-refractivity contribution < 1.29 is 14.3 Å². The lowest BCUT2D eigenvalue weighted by atomic mass is 9.96. The summed E-state index contributed by atoms with van der Waals surface area (Å²) in [5, 5.41) is 5.41. The minimum Gasteiger partial charge on any atom is -0.381 e. The predicted molar refractivity (Wildman–Crippen MR) is 110 cm³/mol. The summed E-state index contributed by atoms with van der Waals surface area (Å²) in [6, 6.07) is 9.93. The Kier molecular flexibility index (Phi) is 6.57. The van der Waals surface area contributed by atoms with E-state index in [1.165, 1.54) is 0 Å². The van der Waals surface area contributed by atoms with E-state index in [1.54, 1.807) is 20.0 Å². The van der Waals surface area contributed by atoms with Crippen molar-refractivity contribution in [1.82, 2.24) is 10.6 Å². The number of carbonyl (C=O) groups is 2. The zero-order valence-electron chi connectivity index (χ0n) is 16.4. The van der Waals surface area contributed by atoms with Crippen LogP contribution < -0.4 is 10.6 Å². The van der Waals surface area contributed by atoms with Crippen molar-refractivity contribution in [2.45, 2.75) is 25.3 Å². The van der Waals surface area contributed by atoms with Gasteiger partial charge in [0.15, 0.2) is 0 Å². The standard InChI is InChI=1S/C22H27ClN2O3/c1-13(19(23)15-7-5-4-6-8-15)9-16(10-14(2)21(26)24-3)22(27)25-20-17-11-28-12-18(17)20/h4-10,13,17-20H,11-12H2,1-3H3,(H,24,26)(H,25,27)/b14-10+,16-9+. The van der Waals surface area contributed by atoms with Gasteiger partial charge < -0.3 is 15.4 Å². The van der Waals surface area contributed by atoms with Gasteiger partial charge >= 0.3 is 0 Å². The van der Waals surface area contributed by atoms with Crippen LogP contribution in [0, 0.1) is 17.8 Å². The molecule has 1 aliphatic heterocycles. The zero-order chi connectivity index (χ0) is 20.3. The van der Waals surface area contributed by atoms with E-state index in [9.17, 15) is 9.59 Å². The molecular formula is C22H27ClN2O3. The van der Waals surface area contributed by atoms with E-state index in [4.69, 9.17) is 16.3 Å². The molecule has 6 heteroatoms. The fourth-order valence-corrected chi connectivity index (χ4v) is 3.90. The fraction of sp³-hybridized carbons (Fsp3) is 0.455. The maximum Gasteiger partial charge on any atom is 0.251 e. The van der Waals surface area contributed by atoms with Gasteiger partial charge in [-0.1, -0.05) is 43.3 Å². The second-order valence-corrected chi connectivity index (χ2v) is 8.03. The highest BCUT2D eigenvalue weighted by Gasteiger charge is 2.54. The molecule has 1 saturated carbocycles. The number of benzene rings is 1. The average Bonchev–Trinajstić information content (AvgIpc) is 3.12. The first kappa shape index (κ1) is 20.6. The number of rotatable bonds is 7. The van der Waals surface area contributed by atoms with Crippen LogP contribution in [0.2, 0.25) is 0 Å². The summed E-state index contributed by atoms with van der Waals surface area (Å²) >= 11 is 6.64. The number of halogens is 1. The molecule has 28 heavy (non-hydrogen) atoms. The van der Waals surface area contributed by atoms with E-state index in [0.29, 0.717) is 36.2 Å². The third-order valence-electron chi connectivity index (χ3n) is 5.49. The van der Waals surface area contributed by atoms with Gasteiger partial charge in [-0.05, 0) is 24.5 Å². The van der Waals surface area contributed by atoms with Crippen molar-refractivity contribution in [3.63, 3.8) is 0 Å². The molecule has 3 rings (SSSR count). The van der Waals surface area contributed by atoms with Crippen LogP contribution in [0.15, 0.2) is 53.6 Å². The van der Waals surface area contributed by atoms with E-state index in [0.717, 1.165) is 5.56 Å². The van der Waals surface area contributed by atoms with Crippen molar-refractivity contribution in [1.29, 1.82) is 0 Å². The summed E-state index contributed by atoms with van der Waals surface area (Å²) in [6.07, 6.45) is 3.48. The van der Waals surface area contributed by atoms with Gasteiger partial charge in [0, 0.05) is 36.1 Å². The number of hydrogen-bond donors (Lipinski definition) is 2. The quantitative estimate of drug-likeness (QED) is 0.418. The van der Waals surface area contributed by atoms with E-state index in [2.05, 4.69) is 10.6 Å². The highest BCUT2D eigenvalue weighted by atomic mass is 35.5. The van der Waals surface area contributed by atoms with Crippen LogP contribution in [0.3, 0.4) is 0 Å². The molecule has 0 spiro atoms. The lowest BCUT2D eigenvalue weighted by Crippen LogP contribution is -2.31. The number of fused-ring (bicyclic) bond motifs is 1. The zero-order valence-corrected chi connectivity index (χ0v) is 17.2. The Morgan fingerprint density at radius 3 is 2.43 bits per heavy atom. The van der Waals surface area contributed by atoms with Gasteiger partial charge in [-0.15, -0.1) is 11.6 Å². The molecule has 2 aliphatic rings. The van der Waals surface area contributed by atoms with Crippen molar-refractivity contribution >= 4 is 23.4 Å². The molecule has 0 radical (unpaired) electrons. The van der Waals surface area contributed by atoms with Crippen LogP contribution in [-0.2, 0) is 14.3 Å². The number of allylic oxidation sites excluding steroid dienone is 1. The summed E-state index contributed by atoms with van der Waals surface area (Å²) in [6.45, 7) is 5.08. The molecule has 2 fully saturated rings. The molecule has 150 valence electrons. The number of hydrogen-bond acceptors (Lipinski definition) is 3. The Balaban J connectivity index is 1.79. The molecule has 1 heterocycles. The van der Waals surface area contributed by atoms with Crippen LogP contribution in [0.1, 0.15) is 24.8 Å². The van der Waals surface area contributed by atoms with E-state index < -0.39 is 0 Å². The summed E-state index contributed by atoms with van der Waals surface area (Å²) in [4.78, 5) is 24.9. The third kappa shape index (κ3) is 4.65. The minimum atomic E-state index is -0.272. The van der Waals surface area contributed by atoms with Crippen LogP contribution in [0.25, 0.3) is 0 Å². The first-order chi connectivity index (χ1) is 13.4. The summed E-state index contributed by atoms with van der Waals surface area (Å²) < 4.78 is 5.39. The first-order valence-electron chi connectivity index (χ1n) is 9.62. The number of alkyl halides is 1. The molecule has 2 amide bonds. The summed E-state index contributed by atoms with van der Waals surface area (Å²) in [5.41, 5.74) is 1.93. The van der Waals surface area contributed by atoms with E-state index in [1.807, 2.05) is 43.3 Å². The first-order valence-corrected chi connectivity index (χ1v) is 10.1. The monoisotopic (exact) mass is 402 g/mol. The van der Waals surface area contributed by atoms with Gasteiger partial charge in [0.2, 0.25) is 5.91 Å². The fourth-order valence-electron chi connectivity index (χ4n) is 3.68. The number of likely N-dealkylation sites (N-methyl/N-ethyl adjacent to an activating group) is 1. The van der Waals surface area contributed by atoms with Gasteiger partial charge in [0.05, 0.1) is 18.6 Å². The molecule has 4 unspecified atom stereocenters. The molecule has 1 aromatic rings. The van der Waals surface area contributed by atoms with Crippen LogP contribution >= 0.6 is 11.6 Å². The van der Waals surface area contributed by atoms with Crippen molar-refractivity contribution in [3.8, 4) is 0 Å². The number of ether oxygens (including phenoxy) is 1. The Hall–Kier alpha value is -2.11. The van der Waals surface area contributed by atoms with Crippen LogP contribution in [-0.4, -0.2) is 38.1 Å². The Morgan fingerprint density at radius 1 is 1.18 bits per heavy atom. The second kappa shape index (κ2) is 8.93. The lowest BCUT2D eigenvalue weighted by Gasteiger charge is -2.17. The highest BCUT2D eigenvalue weighted by molar-refractivity contribution is 6.21. The smallest absolute Gasteiger partial charge is 0.251 e. The Bertz CT molecular complexity index is 780. The molecule has 5 nitrogen and oxygen atoms in total. The average molecular weight is 403 g/mol.